The van der Waals surface area contributed by atoms with Gasteiger partial charge in [0.1, 0.15) is 6.04 Å². The Morgan fingerprint density at radius 2 is 2.05 bits per heavy atom. The Labute approximate surface area is 112 Å². The van der Waals surface area contributed by atoms with Gasteiger partial charge in [0, 0.05) is 18.1 Å². The highest BCUT2D eigenvalue weighted by Gasteiger charge is 2.20. The van der Waals surface area contributed by atoms with Crippen LogP contribution in [0.5, 0.6) is 0 Å². The van der Waals surface area contributed by atoms with Gasteiger partial charge in [0.2, 0.25) is 0 Å². The van der Waals surface area contributed by atoms with Crippen molar-refractivity contribution < 1.29 is 9.90 Å². The standard InChI is InChI=1S/C15H18N2O2/c1-10(2)13(15(18)19)17-9-12-6-3-5-11-7-4-8-16-14(11)12/h3-8,10,13,17H,9H2,1-2H3,(H,18,19)/t13-/m1/s1. The lowest BCUT2D eigenvalue weighted by Gasteiger charge is -2.18. The van der Waals surface area contributed by atoms with Crippen LogP contribution in [0.3, 0.4) is 0 Å². The first kappa shape index (κ1) is 13.5. The van der Waals surface area contributed by atoms with Gasteiger partial charge in [-0.1, -0.05) is 38.1 Å². The third-order valence-electron chi connectivity index (χ3n) is 3.16. The summed E-state index contributed by atoms with van der Waals surface area (Å²) in [6.45, 7) is 4.30. The summed E-state index contributed by atoms with van der Waals surface area (Å²) in [4.78, 5) is 15.5. The third-order valence-corrected chi connectivity index (χ3v) is 3.16. The Hall–Kier alpha value is -1.94. The number of fused-ring (bicyclic) bond motifs is 1. The van der Waals surface area contributed by atoms with E-state index in [4.69, 9.17) is 5.11 Å². The summed E-state index contributed by atoms with van der Waals surface area (Å²) in [5.74, 6) is -0.774. The number of benzene rings is 1. The number of nitrogens with zero attached hydrogens (tertiary/aromatic N) is 1. The van der Waals surface area contributed by atoms with Gasteiger partial charge in [0.25, 0.3) is 0 Å². The van der Waals surface area contributed by atoms with Crippen LogP contribution in [0.2, 0.25) is 0 Å². The lowest BCUT2D eigenvalue weighted by atomic mass is 10.0. The van der Waals surface area contributed by atoms with Gasteiger partial charge in [0.05, 0.1) is 5.52 Å². The molecule has 0 bridgehead atoms. The SMILES string of the molecule is CC(C)[C@@H](NCc1cccc2cccnc12)C(=O)O. The fourth-order valence-corrected chi connectivity index (χ4v) is 2.14. The summed E-state index contributed by atoms with van der Waals surface area (Å²) >= 11 is 0. The number of carboxylic acids is 1. The molecule has 1 atom stereocenters. The van der Waals surface area contributed by atoms with Crippen LogP contribution >= 0.6 is 0 Å². The molecule has 0 aliphatic heterocycles. The van der Waals surface area contributed by atoms with Crippen molar-refractivity contribution >= 4 is 16.9 Å². The third kappa shape index (κ3) is 3.09. The van der Waals surface area contributed by atoms with Gasteiger partial charge < -0.3 is 10.4 Å². The molecular weight excluding hydrogens is 240 g/mol. The number of aliphatic carboxylic acids is 1. The molecule has 0 saturated carbocycles. The minimum absolute atomic E-state index is 0.0421. The number of nitrogens with one attached hydrogen (secondary N) is 1. The first-order chi connectivity index (χ1) is 9.09. The van der Waals surface area contributed by atoms with Crippen LogP contribution in [0.1, 0.15) is 19.4 Å². The van der Waals surface area contributed by atoms with Crippen LogP contribution in [0.4, 0.5) is 0 Å². The Morgan fingerprint density at radius 3 is 2.74 bits per heavy atom. The Kier molecular flexibility index (Phi) is 4.12. The molecule has 0 aliphatic rings. The molecule has 2 N–H and O–H groups in total. The average Bonchev–Trinajstić information content (AvgIpc) is 2.38. The predicted octanol–water partition coefficient (Wildman–Crippen LogP) is 2.43. The average molecular weight is 258 g/mol. The summed E-state index contributed by atoms with van der Waals surface area (Å²) in [5, 5.41) is 13.3. The van der Waals surface area contributed by atoms with E-state index < -0.39 is 12.0 Å². The molecule has 0 amide bonds. The number of rotatable bonds is 5. The van der Waals surface area contributed by atoms with Gasteiger partial charge in [-0.05, 0) is 17.5 Å². The van der Waals surface area contributed by atoms with Gasteiger partial charge in [-0.2, -0.15) is 0 Å². The molecule has 0 aliphatic carbocycles. The van der Waals surface area contributed by atoms with Crippen LogP contribution in [0.25, 0.3) is 10.9 Å². The smallest absolute Gasteiger partial charge is 0.320 e. The van der Waals surface area contributed by atoms with Crippen molar-refractivity contribution in [3.05, 3.63) is 42.1 Å². The number of para-hydroxylation sites is 1. The number of aromatic nitrogens is 1. The monoisotopic (exact) mass is 258 g/mol. The highest BCUT2D eigenvalue weighted by atomic mass is 16.4. The normalized spacial score (nSPS) is 12.8. The Balaban J connectivity index is 2.20. The summed E-state index contributed by atoms with van der Waals surface area (Å²) in [7, 11) is 0. The first-order valence-corrected chi connectivity index (χ1v) is 6.38. The lowest BCUT2D eigenvalue weighted by Crippen LogP contribution is -2.40. The molecule has 0 fully saturated rings. The number of carbonyl (C=O) groups is 1. The summed E-state index contributed by atoms with van der Waals surface area (Å²) in [6.07, 6.45) is 1.75. The van der Waals surface area contributed by atoms with Crippen LogP contribution in [-0.2, 0) is 11.3 Å². The van der Waals surface area contributed by atoms with Gasteiger partial charge >= 0.3 is 5.97 Å². The van der Waals surface area contributed by atoms with E-state index in [1.807, 2.05) is 44.2 Å². The van der Waals surface area contributed by atoms with Crippen molar-refractivity contribution in [2.75, 3.05) is 0 Å². The number of hydrogen-bond donors (Lipinski definition) is 2. The summed E-state index contributed by atoms with van der Waals surface area (Å²) in [5.41, 5.74) is 1.94. The fourth-order valence-electron chi connectivity index (χ4n) is 2.14. The van der Waals surface area contributed by atoms with Crippen molar-refractivity contribution in [2.24, 2.45) is 5.92 Å². The fraction of sp³-hybridized carbons (Fsp3) is 0.333. The number of carboxylic acid groups (broad SMARTS) is 1. The second-order valence-corrected chi connectivity index (χ2v) is 4.93. The maximum Gasteiger partial charge on any atom is 0.320 e. The lowest BCUT2D eigenvalue weighted by molar-refractivity contribution is -0.140. The second kappa shape index (κ2) is 5.80. The Bertz CT molecular complexity index is 576. The molecule has 0 unspecified atom stereocenters. The van der Waals surface area contributed by atoms with E-state index in [0.29, 0.717) is 6.54 Å². The largest absolute Gasteiger partial charge is 0.480 e. The minimum atomic E-state index is -0.816. The highest BCUT2D eigenvalue weighted by Crippen LogP contribution is 2.16. The molecule has 0 spiro atoms. The van der Waals surface area contributed by atoms with Crippen LogP contribution < -0.4 is 5.32 Å². The zero-order valence-corrected chi connectivity index (χ0v) is 11.1. The molecule has 19 heavy (non-hydrogen) atoms. The van der Waals surface area contributed by atoms with Crippen molar-refractivity contribution in [3.8, 4) is 0 Å². The second-order valence-electron chi connectivity index (χ2n) is 4.93. The van der Waals surface area contributed by atoms with Gasteiger partial charge in [-0.3, -0.25) is 9.78 Å². The topological polar surface area (TPSA) is 62.2 Å². The molecule has 4 heteroatoms. The zero-order valence-electron chi connectivity index (χ0n) is 11.1. The molecule has 0 saturated heterocycles. The van der Waals surface area contributed by atoms with Crippen molar-refractivity contribution in [2.45, 2.75) is 26.4 Å². The van der Waals surface area contributed by atoms with Gasteiger partial charge in [0.15, 0.2) is 0 Å². The van der Waals surface area contributed by atoms with Gasteiger partial charge in [-0.25, -0.2) is 0 Å². The van der Waals surface area contributed by atoms with E-state index in [-0.39, 0.29) is 5.92 Å². The maximum atomic E-state index is 11.1. The first-order valence-electron chi connectivity index (χ1n) is 6.38. The van der Waals surface area contributed by atoms with Crippen LogP contribution in [-0.4, -0.2) is 22.1 Å². The van der Waals surface area contributed by atoms with Crippen LogP contribution in [0, 0.1) is 5.92 Å². The maximum absolute atomic E-state index is 11.1. The van der Waals surface area contributed by atoms with Gasteiger partial charge in [-0.15, -0.1) is 0 Å². The van der Waals surface area contributed by atoms with E-state index in [0.717, 1.165) is 16.5 Å². The van der Waals surface area contributed by atoms with E-state index in [1.165, 1.54) is 0 Å². The van der Waals surface area contributed by atoms with E-state index in [2.05, 4.69) is 10.3 Å². The molecule has 4 nitrogen and oxygen atoms in total. The molecule has 1 aromatic heterocycles. The summed E-state index contributed by atoms with van der Waals surface area (Å²) in [6, 6.07) is 9.30. The predicted molar refractivity (Wildman–Crippen MR) is 74.8 cm³/mol. The molecular formula is C15H18N2O2. The molecule has 2 aromatic rings. The molecule has 0 radical (unpaired) electrons. The zero-order chi connectivity index (χ0) is 13.8. The minimum Gasteiger partial charge on any atom is -0.480 e. The van der Waals surface area contributed by atoms with E-state index in [9.17, 15) is 4.79 Å². The van der Waals surface area contributed by atoms with Crippen LogP contribution in [0.15, 0.2) is 36.5 Å². The molecule has 1 heterocycles. The van der Waals surface area contributed by atoms with E-state index >= 15 is 0 Å². The molecule has 2 rings (SSSR count). The number of pyridine rings is 1. The van der Waals surface area contributed by atoms with E-state index in [1.54, 1.807) is 6.20 Å². The van der Waals surface area contributed by atoms with Crippen molar-refractivity contribution in [1.82, 2.24) is 10.3 Å². The Morgan fingerprint density at radius 1 is 1.32 bits per heavy atom. The quantitative estimate of drug-likeness (QED) is 0.864. The van der Waals surface area contributed by atoms with Crippen molar-refractivity contribution in [1.29, 1.82) is 0 Å². The number of hydrogen-bond acceptors (Lipinski definition) is 3. The molecule has 100 valence electrons. The molecule has 1 aromatic carbocycles. The summed E-state index contributed by atoms with van der Waals surface area (Å²) < 4.78 is 0. The highest BCUT2D eigenvalue weighted by molar-refractivity contribution is 5.81. The van der Waals surface area contributed by atoms with Crippen molar-refractivity contribution in [3.63, 3.8) is 0 Å².